The van der Waals surface area contributed by atoms with Crippen LogP contribution >= 0.6 is 0 Å². The SMILES string of the molecule is O=C(c1cc2ccccc2[nH]1)[C@@H]1CCCN1C(=O)O. The minimum absolute atomic E-state index is 0.142. The van der Waals surface area contributed by atoms with Crippen LogP contribution in [0.15, 0.2) is 30.3 Å². The lowest BCUT2D eigenvalue weighted by Crippen LogP contribution is -2.39. The van der Waals surface area contributed by atoms with Gasteiger partial charge in [0.1, 0.15) is 6.04 Å². The van der Waals surface area contributed by atoms with E-state index in [0.717, 1.165) is 17.3 Å². The summed E-state index contributed by atoms with van der Waals surface area (Å²) in [6, 6.07) is 8.86. The quantitative estimate of drug-likeness (QED) is 0.813. The zero-order chi connectivity index (χ0) is 13.4. The molecule has 2 aromatic rings. The van der Waals surface area contributed by atoms with Crippen LogP contribution in [0.3, 0.4) is 0 Å². The van der Waals surface area contributed by atoms with Crippen LogP contribution in [-0.2, 0) is 0 Å². The molecule has 2 heterocycles. The number of likely N-dealkylation sites (tertiary alicyclic amines) is 1. The molecule has 5 heteroatoms. The molecule has 0 saturated carbocycles. The second-order valence-electron chi connectivity index (χ2n) is 4.77. The molecule has 0 bridgehead atoms. The summed E-state index contributed by atoms with van der Waals surface area (Å²) < 4.78 is 0. The Hall–Kier alpha value is -2.30. The van der Waals surface area contributed by atoms with Crippen molar-refractivity contribution in [3.8, 4) is 0 Å². The van der Waals surface area contributed by atoms with E-state index >= 15 is 0 Å². The van der Waals surface area contributed by atoms with E-state index < -0.39 is 12.1 Å². The number of nitrogens with one attached hydrogen (secondary N) is 1. The van der Waals surface area contributed by atoms with Gasteiger partial charge in [-0.1, -0.05) is 18.2 Å². The Balaban J connectivity index is 1.93. The van der Waals surface area contributed by atoms with Gasteiger partial charge in [0.2, 0.25) is 5.78 Å². The number of nitrogens with zero attached hydrogens (tertiary/aromatic N) is 1. The number of carbonyl (C=O) groups is 2. The van der Waals surface area contributed by atoms with E-state index in [1.807, 2.05) is 24.3 Å². The highest BCUT2D eigenvalue weighted by molar-refractivity contribution is 6.03. The summed E-state index contributed by atoms with van der Waals surface area (Å²) in [5.74, 6) is -0.142. The number of H-pyrrole nitrogens is 1. The Morgan fingerprint density at radius 2 is 2.11 bits per heavy atom. The number of amides is 1. The minimum atomic E-state index is -1.02. The summed E-state index contributed by atoms with van der Waals surface area (Å²) in [5, 5.41) is 10.0. The van der Waals surface area contributed by atoms with Crippen molar-refractivity contribution in [2.24, 2.45) is 0 Å². The molecular formula is C14H14N2O3. The number of Topliss-reactive ketones (excluding diaryl/α,β-unsaturated/α-hetero) is 1. The first-order chi connectivity index (χ1) is 9.16. The Morgan fingerprint density at radius 1 is 1.32 bits per heavy atom. The van der Waals surface area contributed by atoms with Gasteiger partial charge in [-0.2, -0.15) is 0 Å². The average molecular weight is 258 g/mol. The zero-order valence-electron chi connectivity index (χ0n) is 10.3. The number of fused-ring (bicyclic) bond motifs is 1. The first-order valence-electron chi connectivity index (χ1n) is 6.28. The van der Waals surface area contributed by atoms with Crippen molar-refractivity contribution in [3.05, 3.63) is 36.0 Å². The highest BCUT2D eigenvalue weighted by Gasteiger charge is 2.35. The van der Waals surface area contributed by atoms with Crippen LogP contribution in [0.4, 0.5) is 4.79 Å². The third-order valence-electron chi connectivity index (χ3n) is 3.60. The van der Waals surface area contributed by atoms with E-state index in [2.05, 4.69) is 4.98 Å². The van der Waals surface area contributed by atoms with Gasteiger partial charge in [-0.25, -0.2) is 4.79 Å². The van der Waals surface area contributed by atoms with Crippen molar-refractivity contribution in [1.29, 1.82) is 0 Å². The number of hydrogen-bond donors (Lipinski definition) is 2. The number of hydrogen-bond acceptors (Lipinski definition) is 2. The fourth-order valence-corrected chi connectivity index (χ4v) is 2.65. The number of carbonyl (C=O) groups excluding carboxylic acids is 1. The van der Waals surface area contributed by atoms with E-state index in [4.69, 9.17) is 5.11 Å². The van der Waals surface area contributed by atoms with Gasteiger partial charge in [0.15, 0.2) is 0 Å². The van der Waals surface area contributed by atoms with Gasteiger partial charge in [-0.15, -0.1) is 0 Å². The molecule has 19 heavy (non-hydrogen) atoms. The Bertz CT molecular complexity index is 614. The molecule has 1 atom stereocenters. The second kappa shape index (κ2) is 4.42. The summed E-state index contributed by atoms with van der Waals surface area (Å²) in [5.41, 5.74) is 1.38. The van der Waals surface area contributed by atoms with Crippen molar-refractivity contribution in [2.75, 3.05) is 6.54 Å². The Labute approximate surface area is 109 Å². The summed E-state index contributed by atoms with van der Waals surface area (Å²) in [6.07, 6.45) is 0.315. The Kier molecular flexibility index (Phi) is 2.74. The van der Waals surface area contributed by atoms with Gasteiger partial charge in [0.25, 0.3) is 0 Å². The molecule has 1 aliphatic heterocycles. The largest absolute Gasteiger partial charge is 0.465 e. The van der Waals surface area contributed by atoms with Gasteiger partial charge in [0.05, 0.1) is 5.69 Å². The molecular weight excluding hydrogens is 244 g/mol. The first-order valence-corrected chi connectivity index (χ1v) is 6.28. The molecule has 0 spiro atoms. The number of aromatic nitrogens is 1. The van der Waals surface area contributed by atoms with Crippen molar-refractivity contribution >= 4 is 22.8 Å². The number of carboxylic acid groups (broad SMARTS) is 1. The van der Waals surface area contributed by atoms with Gasteiger partial charge >= 0.3 is 6.09 Å². The molecule has 1 saturated heterocycles. The monoisotopic (exact) mass is 258 g/mol. The van der Waals surface area contributed by atoms with Crippen LogP contribution in [0.2, 0.25) is 0 Å². The minimum Gasteiger partial charge on any atom is -0.465 e. The normalized spacial score (nSPS) is 18.9. The van der Waals surface area contributed by atoms with Crippen LogP contribution in [0, 0.1) is 0 Å². The Morgan fingerprint density at radius 3 is 2.84 bits per heavy atom. The van der Waals surface area contributed by atoms with E-state index in [1.165, 1.54) is 4.90 Å². The molecule has 1 aromatic carbocycles. The summed E-state index contributed by atoms with van der Waals surface area (Å²) in [6.45, 7) is 0.436. The number of rotatable bonds is 2. The summed E-state index contributed by atoms with van der Waals surface area (Å²) in [7, 11) is 0. The van der Waals surface area contributed by atoms with Gasteiger partial charge in [-0.05, 0) is 25.0 Å². The lowest BCUT2D eigenvalue weighted by molar-refractivity contribution is 0.0841. The number of para-hydroxylation sites is 1. The van der Waals surface area contributed by atoms with E-state index in [-0.39, 0.29) is 5.78 Å². The standard InChI is InChI=1S/C14H14N2O3/c17-13(12-6-3-7-16(12)14(18)19)11-8-9-4-1-2-5-10(9)15-11/h1-2,4-5,8,12,15H,3,6-7H2,(H,18,19)/t12-/m0/s1. The summed E-state index contributed by atoms with van der Waals surface area (Å²) in [4.78, 5) is 27.8. The average Bonchev–Trinajstić information content (AvgIpc) is 3.04. The van der Waals surface area contributed by atoms with E-state index in [1.54, 1.807) is 6.07 Å². The lowest BCUT2D eigenvalue weighted by Gasteiger charge is -2.19. The predicted molar refractivity (Wildman–Crippen MR) is 70.4 cm³/mol. The molecule has 98 valence electrons. The van der Waals surface area contributed by atoms with Crippen LogP contribution in [0.1, 0.15) is 23.3 Å². The van der Waals surface area contributed by atoms with Crippen LogP contribution < -0.4 is 0 Å². The van der Waals surface area contributed by atoms with Crippen LogP contribution in [-0.4, -0.2) is 39.5 Å². The maximum absolute atomic E-state index is 12.4. The number of benzene rings is 1. The molecule has 5 nitrogen and oxygen atoms in total. The molecule has 2 N–H and O–H groups in total. The van der Waals surface area contributed by atoms with Crippen LogP contribution in [0.5, 0.6) is 0 Å². The molecule has 1 amide bonds. The highest BCUT2D eigenvalue weighted by atomic mass is 16.4. The molecule has 0 aliphatic carbocycles. The molecule has 3 rings (SSSR count). The maximum Gasteiger partial charge on any atom is 0.407 e. The van der Waals surface area contributed by atoms with Crippen LogP contribution in [0.25, 0.3) is 10.9 Å². The fourth-order valence-electron chi connectivity index (χ4n) is 2.65. The molecule has 1 fully saturated rings. The topological polar surface area (TPSA) is 73.4 Å². The van der Waals surface area contributed by atoms with Crippen molar-refractivity contribution in [2.45, 2.75) is 18.9 Å². The molecule has 0 radical (unpaired) electrons. The number of aromatic amines is 1. The third kappa shape index (κ3) is 1.97. The summed E-state index contributed by atoms with van der Waals surface area (Å²) >= 11 is 0. The lowest BCUT2D eigenvalue weighted by atomic mass is 10.1. The van der Waals surface area contributed by atoms with E-state index in [9.17, 15) is 9.59 Å². The smallest absolute Gasteiger partial charge is 0.407 e. The van der Waals surface area contributed by atoms with Gasteiger partial charge in [0, 0.05) is 17.4 Å². The molecule has 1 aromatic heterocycles. The second-order valence-corrected chi connectivity index (χ2v) is 4.77. The maximum atomic E-state index is 12.4. The zero-order valence-corrected chi connectivity index (χ0v) is 10.3. The van der Waals surface area contributed by atoms with Crippen molar-refractivity contribution < 1.29 is 14.7 Å². The highest BCUT2D eigenvalue weighted by Crippen LogP contribution is 2.23. The third-order valence-corrected chi connectivity index (χ3v) is 3.60. The van der Waals surface area contributed by atoms with Crippen molar-refractivity contribution in [3.63, 3.8) is 0 Å². The molecule has 0 unspecified atom stereocenters. The fraction of sp³-hybridized carbons (Fsp3) is 0.286. The van der Waals surface area contributed by atoms with Crippen molar-refractivity contribution in [1.82, 2.24) is 9.88 Å². The molecule has 1 aliphatic rings. The first kappa shape index (κ1) is 11.8. The van der Waals surface area contributed by atoms with Gasteiger partial charge in [-0.3, -0.25) is 9.69 Å². The van der Waals surface area contributed by atoms with E-state index in [0.29, 0.717) is 18.7 Å². The predicted octanol–water partition coefficient (Wildman–Crippen LogP) is 2.49. The van der Waals surface area contributed by atoms with Gasteiger partial charge < -0.3 is 10.1 Å². The number of ketones is 1.